The number of rotatable bonds is 8. The lowest BCUT2D eigenvalue weighted by Crippen LogP contribution is -2.41. The molecule has 20 heavy (non-hydrogen) atoms. The molecule has 1 aliphatic heterocycles. The molecule has 0 unspecified atom stereocenters. The number of methoxy groups -OCH3 is 1. The Morgan fingerprint density at radius 2 is 1.90 bits per heavy atom. The van der Waals surface area contributed by atoms with Gasteiger partial charge in [-0.25, -0.2) is 0 Å². The second-order valence-corrected chi connectivity index (χ2v) is 5.04. The van der Waals surface area contributed by atoms with Crippen LogP contribution in [-0.4, -0.2) is 63.8 Å². The summed E-state index contributed by atoms with van der Waals surface area (Å²) in [6.07, 6.45) is 2.57. The molecule has 0 atom stereocenters. The van der Waals surface area contributed by atoms with Gasteiger partial charge in [0.1, 0.15) is 0 Å². The van der Waals surface area contributed by atoms with Crippen LogP contribution in [0.1, 0.15) is 19.8 Å². The van der Waals surface area contributed by atoms with Crippen molar-refractivity contribution in [2.75, 3.05) is 53.0 Å². The monoisotopic (exact) mass is 329 g/mol. The van der Waals surface area contributed by atoms with Crippen LogP contribution in [0.5, 0.6) is 0 Å². The van der Waals surface area contributed by atoms with E-state index in [9.17, 15) is 4.79 Å². The molecule has 1 rings (SSSR count). The van der Waals surface area contributed by atoms with E-state index < -0.39 is 0 Å². The Morgan fingerprint density at radius 1 is 1.25 bits per heavy atom. The average Bonchev–Trinajstić information content (AvgIpc) is 2.37. The number of carbonyl (C=O) groups is 1. The van der Waals surface area contributed by atoms with Crippen molar-refractivity contribution in [3.05, 3.63) is 0 Å². The van der Waals surface area contributed by atoms with Crippen molar-refractivity contribution >= 4 is 30.7 Å². The summed E-state index contributed by atoms with van der Waals surface area (Å²) in [6.45, 7) is 8.10. The zero-order valence-electron chi connectivity index (χ0n) is 12.5. The van der Waals surface area contributed by atoms with Crippen LogP contribution in [0.3, 0.4) is 0 Å². The van der Waals surface area contributed by atoms with Crippen LogP contribution < -0.4 is 10.6 Å². The Bertz CT molecular complexity index is 238. The molecule has 0 bridgehead atoms. The maximum atomic E-state index is 11.5. The van der Waals surface area contributed by atoms with E-state index in [2.05, 4.69) is 22.5 Å². The molecule has 0 aliphatic carbocycles. The topological polar surface area (TPSA) is 53.6 Å². The minimum absolute atomic E-state index is 0. The van der Waals surface area contributed by atoms with Gasteiger partial charge >= 0.3 is 0 Å². The predicted octanol–water partition coefficient (Wildman–Crippen LogP) is 0.914. The van der Waals surface area contributed by atoms with Crippen molar-refractivity contribution in [1.29, 1.82) is 0 Å². The quantitative estimate of drug-likeness (QED) is 0.650. The van der Waals surface area contributed by atoms with E-state index in [1.807, 2.05) is 0 Å². The van der Waals surface area contributed by atoms with Crippen LogP contribution >= 0.6 is 24.8 Å². The molecule has 2 N–H and O–H groups in total. The van der Waals surface area contributed by atoms with Gasteiger partial charge in [0.2, 0.25) is 5.91 Å². The summed E-state index contributed by atoms with van der Waals surface area (Å²) in [5.41, 5.74) is 0. The van der Waals surface area contributed by atoms with Gasteiger partial charge in [0, 0.05) is 26.7 Å². The molecule has 5 nitrogen and oxygen atoms in total. The fourth-order valence-corrected chi connectivity index (χ4v) is 2.08. The van der Waals surface area contributed by atoms with E-state index >= 15 is 0 Å². The molecule has 1 saturated heterocycles. The third kappa shape index (κ3) is 10.7. The Hall–Kier alpha value is -0.0700. The highest BCUT2D eigenvalue weighted by Gasteiger charge is 2.14. The predicted molar refractivity (Wildman–Crippen MR) is 87.1 cm³/mol. The van der Waals surface area contributed by atoms with Crippen molar-refractivity contribution < 1.29 is 9.53 Å². The van der Waals surface area contributed by atoms with Gasteiger partial charge in [-0.3, -0.25) is 4.79 Å². The van der Waals surface area contributed by atoms with Crippen molar-refractivity contribution in [2.24, 2.45) is 5.92 Å². The van der Waals surface area contributed by atoms with Crippen LogP contribution in [0.15, 0.2) is 0 Å². The number of nitrogens with zero attached hydrogens (tertiary/aromatic N) is 1. The maximum absolute atomic E-state index is 11.5. The summed E-state index contributed by atoms with van der Waals surface area (Å²) in [5, 5.41) is 5.96. The van der Waals surface area contributed by atoms with Crippen LogP contribution in [0.4, 0.5) is 0 Å². The normalized spacial score (nSPS) is 16.1. The Morgan fingerprint density at radius 3 is 2.50 bits per heavy atom. The number of piperidine rings is 1. The van der Waals surface area contributed by atoms with Crippen LogP contribution in [-0.2, 0) is 9.53 Å². The summed E-state index contributed by atoms with van der Waals surface area (Å²) in [5.74, 6) is 0.928. The first-order chi connectivity index (χ1) is 8.72. The largest absolute Gasteiger partial charge is 0.383 e. The van der Waals surface area contributed by atoms with E-state index in [0.717, 1.165) is 19.0 Å². The average molecular weight is 330 g/mol. The number of nitrogens with one attached hydrogen (secondary N) is 2. The molecule has 1 aliphatic rings. The summed E-state index contributed by atoms with van der Waals surface area (Å²) >= 11 is 0. The minimum atomic E-state index is 0. The molecular formula is C13H29Cl2N3O2. The molecule has 0 aromatic heterocycles. The van der Waals surface area contributed by atoms with Gasteiger partial charge in [0.05, 0.1) is 13.2 Å². The highest BCUT2D eigenvalue weighted by molar-refractivity contribution is 5.85. The molecule has 122 valence electrons. The molecule has 1 amide bonds. The fraction of sp³-hybridized carbons (Fsp3) is 0.923. The molecule has 1 heterocycles. The van der Waals surface area contributed by atoms with E-state index in [1.54, 1.807) is 7.11 Å². The van der Waals surface area contributed by atoms with Crippen molar-refractivity contribution in [2.45, 2.75) is 19.8 Å². The minimum Gasteiger partial charge on any atom is -0.383 e. The first-order valence-corrected chi connectivity index (χ1v) is 6.91. The molecule has 0 aromatic carbocycles. The lowest BCUT2D eigenvalue weighted by molar-refractivity contribution is -0.120. The SMILES string of the molecule is COCCNCC(=O)NCCN1CCC(C)CC1.Cl.Cl. The molecular weight excluding hydrogens is 301 g/mol. The highest BCUT2D eigenvalue weighted by atomic mass is 35.5. The maximum Gasteiger partial charge on any atom is 0.234 e. The van der Waals surface area contributed by atoms with E-state index in [0.29, 0.717) is 19.7 Å². The molecule has 1 fully saturated rings. The van der Waals surface area contributed by atoms with Gasteiger partial charge in [0.15, 0.2) is 0 Å². The lowest BCUT2D eigenvalue weighted by atomic mass is 9.99. The fourth-order valence-electron chi connectivity index (χ4n) is 2.08. The van der Waals surface area contributed by atoms with Gasteiger partial charge in [-0.05, 0) is 31.8 Å². The lowest BCUT2D eigenvalue weighted by Gasteiger charge is -2.30. The first-order valence-electron chi connectivity index (χ1n) is 6.91. The Balaban J connectivity index is 0. The van der Waals surface area contributed by atoms with Crippen molar-refractivity contribution in [1.82, 2.24) is 15.5 Å². The summed E-state index contributed by atoms with van der Waals surface area (Å²) in [4.78, 5) is 13.9. The number of halogens is 2. The van der Waals surface area contributed by atoms with Crippen molar-refractivity contribution in [3.8, 4) is 0 Å². The Kier molecular flexibility index (Phi) is 15.4. The Labute approximate surface area is 135 Å². The number of hydrogen-bond acceptors (Lipinski definition) is 4. The number of amides is 1. The zero-order valence-corrected chi connectivity index (χ0v) is 14.2. The third-order valence-electron chi connectivity index (χ3n) is 3.39. The van der Waals surface area contributed by atoms with Gasteiger partial charge in [-0.1, -0.05) is 6.92 Å². The molecule has 0 spiro atoms. The molecule has 0 saturated carbocycles. The number of hydrogen-bond donors (Lipinski definition) is 2. The second kappa shape index (κ2) is 13.9. The number of ether oxygens (including phenoxy) is 1. The summed E-state index contributed by atoms with van der Waals surface area (Å²) in [7, 11) is 1.65. The summed E-state index contributed by atoms with van der Waals surface area (Å²) < 4.78 is 4.89. The molecule has 0 aromatic rings. The van der Waals surface area contributed by atoms with Crippen LogP contribution in [0.2, 0.25) is 0 Å². The zero-order chi connectivity index (χ0) is 13.2. The van der Waals surface area contributed by atoms with Gasteiger partial charge in [-0.15, -0.1) is 24.8 Å². The summed E-state index contributed by atoms with van der Waals surface area (Å²) in [6, 6.07) is 0. The number of carbonyl (C=O) groups excluding carboxylic acids is 1. The van der Waals surface area contributed by atoms with Crippen molar-refractivity contribution in [3.63, 3.8) is 0 Å². The second-order valence-electron chi connectivity index (χ2n) is 5.04. The first kappa shape index (κ1) is 22.2. The smallest absolute Gasteiger partial charge is 0.234 e. The van der Waals surface area contributed by atoms with Gasteiger partial charge < -0.3 is 20.3 Å². The molecule has 7 heteroatoms. The van der Waals surface area contributed by atoms with E-state index in [4.69, 9.17) is 4.74 Å². The van der Waals surface area contributed by atoms with Crippen LogP contribution in [0.25, 0.3) is 0 Å². The van der Waals surface area contributed by atoms with E-state index in [1.165, 1.54) is 25.9 Å². The van der Waals surface area contributed by atoms with E-state index in [-0.39, 0.29) is 30.7 Å². The standard InChI is InChI=1S/C13H27N3O2.2ClH/c1-12-3-7-16(8-4-12)9-5-15-13(17)11-14-6-10-18-2;;/h12,14H,3-11H2,1-2H3,(H,15,17);2*1H. The third-order valence-corrected chi connectivity index (χ3v) is 3.39. The van der Waals surface area contributed by atoms with Gasteiger partial charge in [0.25, 0.3) is 0 Å². The number of likely N-dealkylation sites (tertiary alicyclic amines) is 1. The highest BCUT2D eigenvalue weighted by Crippen LogP contribution is 2.14. The van der Waals surface area contributed by atoms with Crippen LogP contribution in [0, 0.1) is 5.92 Å². The molecule has 0 radical (unpaired) electrons. The van der Waals surface area contributed by atoms with Gasteiger partial charge in [-0.2, -0.15) is 0 Å².